The number of nitrogens with one attached hydrogen (secondary N) is 1. The first-order valence-corrected chi connectivity index (χ1v) is 9.52. The van der Waals surface area contributed by atoms with Gasteiger partial charge >= 0.3 is 0 Å². The minimum absolute atomic E-state index is 0.0789. The van der Waals surface area contributed by atoms with E-state index in [0.29, 0.717) is 18.7 Å². The molecule has 0 aliphatic carbocycles. The van der Waals surface area contributed by atoms with Crippen molar-refractivity contribution in [1.29, 1.82) is 0 Å². The van der Waals surface area contributed by atoms with Crippen LogP contribution in [0.1, 0.15) is 29.5 Å². The molecule has 0 spiro atoms. The summed E-state index contributed by atoms with van der Waals surface area (Å²) in [6.07, 6.45) is 4.61. The Morgan fingerprint density at radius 3 is 2.93 bits per heavy atom. The maximum absolute atomic E-state index is 13.0. The first-order chi connectivity index (χ1) is 13.6. The highest BCUT2D eigenvalue weighted by molar-refractivity contribution is 5.82. The molecular formula is C22H23N3O3. The molecule has 28 heavy (non-hydrogen) atoms. The average Bonchev–Trinajstić information content (AvgIpc) is 3.23. The molecule has 2 aromatic heterocycles. The monoisotopic (exact) mass is 377 g/mol. The number of carbonyl (C=O) groups is 1. The van der Waals surface area contributed by atoms with E-state index in [1.807, 2.05) is 43.3 Å². The summed E-state index contributed by atoms with van der Waals surface area (Å²) in [4.78, 5) is 34.4. The number of nitrogens with zero attached hydrogens (tertiary/aromatic N) is 2. The normalized spacial score (nSPS) is 16.4. The molecule has 1 aliphatic heterocycles. The van der Waals surface area contributed by atoms with Crippen molar-refractivity contribution in [1.82, 2.24) is 14.9 Å². The van der Waals surface area contributed by atoms with E-state index < -0.39 is 6.10 Å². The first kappa shape index (κ1) is 18.4. The van der Waals surface area contributed by atoms with Crippen molar-refractivity contribution in [3.8, 4) is 0 Å². The van der Waals surface area contributed by atoms with Gasteiger partial charge in [0, 0.05) is 36.6 Å². The molecule has 1 amide bonds. The van der Waals surface area contributed by atoms with E-state index >= 15 is 0 Å². The molecule has 1 saturated heterocycles. The largest absolute Gasteiger partial charge is 0.368 e. The van der Waals surface area contributed by atoms with Crippen molar-refractivity contribution in [3.05, 3.63) is 75.8 Å². The van der Waals surface area contributed by atoms with E-state index in [1.54, 1.807) is 17.3 Å². The van der Waals surface area contributed by atoms with Crippen molar-refractivity contribution in [2.75, 3.05) is 6.61 Å². The van der Waals surface area contributed by atoms with E-state index in [9.17, 15) is 9.59 Å². The highest BCUT2D eigenvalue weighted by Crippen LogP contribution is 2.19. The molecule has 4 rings (SSSR count). The smallest absolute Gasteiger partial charge is 0.253 e. The summed E-state index contributed by atoms with van der Waals surface area (Å²) in [6, 6.07) is 11.6. The van der Waals surface area contributed by atoms with Crippen molar-refractivity contribution in [3.63, 3.8) is 0 Å². The van der Waals surface area contributed by atoms with Crippen LogP contribution in [0.25, 0.3) is 10.9 Å². The van der Waals surface area contributed by atoms with Crippen molar-refractivity contribution in [2.24, 2.45) is 0 Å². The maximum atomic E-state index is 13.0. The summed E-state index contributed by atoms with van der Waals surface area (Å²) in [6.45, 7) is 3.21. The quantitative estimate of drug-likeness (QED) is 0.742. The Hall–Kier alpha value is -2.99. The molecule has 1 N–H and O–H groups in total. The third kappa shape index (κ3) is 3.97. The van der Waals surface area contributed by atoms with Crippen molar-refractivity contribution in [2.45, 2.75) is 39.0 Å². The predicted molar refractivity (Wildman–Crippen MR) is 107 cm³/mol. The molecule has 1 fully saturated rings. The van der Waals surface area contributed by atoms with Gasteiger partial charge in [0.25, 0.3) is 11.5 Å². The first-order valence-electron chi connectivity index (χ1n) is 9.52. The summed E-state index contributed by atoms with van der Waals surface area (Å²) in [5.41, 5.74) is 3.20. The molecule has 0 bridgehead atoms. The van der Waals surface area contributed by atoms with Crippen molar-refractivity contribution >= 4 is 16.8 Å². The van der Waals surface area contributed by atoms with Crippen LogP contribution in [0.5, 0.6) is 0 Å². The Morgan fingerprint density at radius 2 is 2.18 bits per heavy atom. The van der Waals surface area contributed by atoms with Crippen LogP contribution in [0.15, 0.2) is 53.6 Å². The van der Waals surface area contributed by atoms with Gasteiger partial charge < -0.3 is 14.6 Å². The van der Waals surface area contributed by atoms with Gasteiger partial charge in [-0.15, -0.1) is 0 Å². The van der Waals surface area contributed by atoms with Crippen LogP contribution >= 0.6 is 0 Å². The van der Waals surface area contributed by atoms with Crippen molar-refractivity contribution < 1.29 is 9.53 Å². The van der Waals surface area contributed by atoms with Crippen LogP contribution in [0, 0.1) is 6.92 Å². The number of aromatic amines is 1. The van der Waals surface area contributed by atoms with Gasteiger partial charge in [-0.25, -0.2) is 0 Å². The second-order valence-electron chi connectivity index (χ2n) is 7.27. The van der Waals surface area contributed by atoms with Crippen LogP contribution < -0.4 is 5.56 Å². The minimum Gasteiger partial charge on any atom is -0.368 e. The van der Waals surface area contributed by atoms with Crippen LogP contribution in [0.3, 0.4) is 0 Å². The summed E-state index contributed by atoms with van der Waals surface area (Å²) in [5, 5.41) is 0.950. The Labute approximate surface area is 163 Å². The molecule has 0 radical (unpaired) electrons. The van der Waals surface area contributed by atoms with Crippen LogP contribution in [0.2, 0.25) is 0 Å². The Balaban J connectivity index is 1.65. The lowest BCUT2D eigenvalue weighted by atomic mass is 10.1. The minimum atomic E-state index is -0.432. The summed E-state index contributed by atoms with van der Waals surface area (Å²) in [5.74, 6) is -0.0789. The summed E-state index contributed by atoms with van der Waals surface area (Å²) >= 11 is 0. The summed E-state index contributed by atoms with van der Waals surface area (Å²) < 4.78 is 5.59. The van der Waals surface area contributed by atoms with Gasteiger partial charge in [-0.05, 0) is 54.5 Å². The summed E-state index contributed by atoms with van der Waals surface area (Å²) in [7, 11) is 0. The zero-order valence-corrected chi connectivity index (χ0v) is 15.9. The lowest BCUT2D eigenvalue weighted by Crippen LogP contribution is -2.39. The fourth-order valence-electron chi connectivity index (χ4n) is 3.58. The number of hydrogen-bond acceptors (Lipinski definition) is 4. The zero-order valence-electron chi connectivity index (χ0n) is 15.9. The fraction of sp³-hybridized carbons (Fsp3) is 0.318. The number of ether oxygens (including phenoxy) is 1. The average molecular weight is 377 g/mol. The predicted octanol–water partition coefficient (Wildman–Crippen LogP) is 2.94. The molecule has 3 heterocycles. The molecule has 0 saturated carbocycles. The molecule has 3 aromatic rings. The molecule has 144 valence electrons. The SMILES string of the molecule is Cc1ccc2cc(CN(Cc3cccnc3)C(=O)C3CCCO3)c(=O)[nH]c2c1. The van der Waals surface area contributed by atoms with Gasteiger partial charge in [0.05, 0.1) is 6.54 Å². The van der Waals surface area contributed by atoms with Crippen LogP contribution in [-0.2, 0) is 22.6 Å². The van der Waals surface area contributed by atoms with E-state index in [4.69, 9.17) is 4.74 Å². The van der Waals surface area contributed by atoms with E-state index in [-0.39, 0.29) is 18.0 Å². The number of hydrogen-bond donors (Lipinski definition) is 1. The molecule has 1 atom stereocenters. The highest BCUT2D eigenvalue weighted by atomic mass is 16.5. The number of carbonyl (C=O) groups excluding carboxylic acids is 1. The lowest BCUT2D eigenvalue weighted by molar-refractivity contribution is -0.142. The highest BCUT2D eigenvalue weighted by Gasteiger charge is 2.29. The van der Waals surface area contributed by atoms with E-state index in [1.165, 1.54) is 0 Å². The molecule has 6 nitrogen and oxygen atoms in total. The maximum Gasteiger partial charge on any atom is 0.253 e. The molecule has 1 aromatic carbocycles. The number of H-pyrrole nitrogens is 1. The Bertz CT molecular complexity index is 1040. The third-order valence-corrected chi connectivity index (χ3v) is 5.05. The zero-order chi connectivity index (χ0) is 19.5. The molecular weight excluding hydrogens is 354 g/mol. The number of aryl methyl sites for hydroxylation is 1. The number of benzene rings is 1. The van der Waals surface area contributed by atoms with Gasteiger partial charge in [0.2, 0.25) is 0 Å². The fourth-order valence-corrected chi connectivity index (χ4v) is 3.58. The number of fused-ring (bicyclic) bond motifs is 1. The Kier molecular flexibility index (Phi) is 5.21. The van der Waals surface area contributed by atoms with E-state index in [2.05, 4.69) is 9.97 Å². The second kappa shape index (κ2) is 7.94. The number of rotatable bonds is 5. The van der Waals surface area contributed by atoms with Gasteiger partial charge in [-0.3, -0.25) is 14.6 Å². The van der Waals surface area contributed by atoms with E-state index in [0.717, 1.165) is 34.9 Å². The molecule has 1 aliphatic rings. The van der Waals surface area contributed by atoms with Gasteiger partial charge in [-0.1, -0.05) is 18.2 Å². The number of amides is 1. The standard InChI is InChI=1S/C22H23N3O3/c1-15-6-7-17-11-18(21(26)24-19(17)10-15)14-25(13-16-4-2-8-23-12-16)22(27)20-5-3-9-28-20/h2,4,6-8,10-12,20H,3,5,9,13-14H2,1H3,(H,24,26). The number of pyridine rings is 2. The number of aromatic nitrogens is 2. The van der Waals surface area contributed by atoms with Gasteiger partial charge in [-0.2, -0.15) is 0 Å². The third-order valence-electron chi connectivity index (χ3n) is 5.05. The van der Waals surface area contributed by atoms with Crippen LogP contribution in [-0.4, -0.2) is 33.5 Å². The second-order valence-corrected chi connectivity index (χ2v) is 7.27. The van der Waals surface area contributed by atoms with Gasteiger partial charge in [0.15, 0.2) is 0 Å². The van der Waals surface area contributed by atoms with Gasteiger partial charge in [0.1, 0.15) is 6.10 Å². The Morgan fingerprint density at radius 1 is 1.29 bits per heavy atom. The molecule has 1 unspecified atom stereocenters. The lowest BCUT2D eigenvalue weighted by Gasteiger charge is -2.25. The van der Waals surface area contributed by atoms with Crippen LogP contribution in [0.4, 0.5) is 0 Å². The topological polar surface area (TPSA) is 75.3 Å². The molecule has 6 heteroatoms.